The number of hydrogen-bond donors (Lipinski definition) is 4. The fourth-order valence-electron chi connectivity index (χ4n) is 1.88. The molecule has 1 saturated heterocycles. The predicted molar refractivity (Wildman–Crippen MR) is 66.1 cm³/mol. The van der Waals surface area contributed by atoms with E-state index < -0.39 is 23.8 Å². The van der Waals surface area contributed by atoms with Crippen LogP contribution >= 0.6 is 0 Å². The van der Waals surface area contributed by atoms with Gasteiger partial charge in [-0.2, -0.15) is 0 Å². The van der Waals surface area contributed by atoms with E-state index in [1.807, 2.05) is 6.92 Å². The van der Waals surface area contributed by atoms with Crippen molar-refractivity contribution in [1.82, 2.24) is 10.6 Å². The van der Waals surface area contributed by atoms with Crippen LogP contribution in [0.25, 0.3) is 0 Å². The molecule has 0 aromatic carbocycles. The molecule has 19 heavy (non-hydrogen) atoms. The van der Waals surface area contributed by atoms with E-state index in [0.717, 1.165) is 0 Å². The topological polar surface area (TPSA) is 134 Å². The number of oxime groups is 1. The van der Waals surface area contributed by atoms with Crippen LogP contribution < -0.4 is 16.4 Å². The lowest BCUT2D eigenvalue weighted by molar-refractivity contribution is -0.137. The Morgan fingerprint density at radius 2 is 2.32 bits per heavy atom. The number of nitrogens with one attached hydrogen (secondary N) is 2. The number of nitrogens with two attached hydrogens (primary N) is 1. The number of nitrogens with zero attached hydrogens (tertiary/aromatic N) is 1. The van der Waals surface area contributed by atoms with Crippen molar-refractivity contribution in [3.05, 3.63) is 0 Å². The molecule has 1 aliphatic heterocycles. The second-order valence-electron chi connectivity index (χ2n) is 4.38. The SMILES string of the molecule is CCCC(C(=O)NC1CCC(=O)NC1=O)C(N)=NO. The summed E-state index contributed by atoms with van der Waals surface area (Å²) in [5, 5.41) is 16.1. The van der Waals surface area contributed by atoms with Gasteiger partial charge < -0.3 is 16.3 Å². The number of piperidine rings is 1. The molecule has 1 heterocycles. The zero-order valence-corrected chi connectivity index (χ0v) is 10.7. The minimum atomic E-state index is -0.777. The Morgan fingerprint density at radius 1 is 1.63 bits per heavy atom. The summed E-state index contributed by atoms with van der Waals surface area (Å²) in [6.07, 6.45) is 1.52. The van der Waals surface area contributed by atoms with Crippen LogP contribution in [0.4, 0.5) is 0 Å². The first-order valence-corrected chi connectivity index (χ1v) is 6.11. The van der Waals surface area contributed by atoms with Crippen molar-refractivity contribution < 1.29 is 19.6 Å². The van der Waals surface area contributed by atoms with Crippen LogP contribution in [0.15, 0.2) is 5.16 Å². The summed E-state index contributed by atoms with van der Waals surface area (Å²) in [5.74, 6) is -2.32. The van der Waals surface area contributed by atoms with Crippen molar-refractivity contribution in [1.29, 1.82) is 0 Å². The highest BCUT2D eigenvalue weighted by Crippen LogP contribution is 2.10. The molecule has 0 aromatic rings. The van der Waals surface area contributed by atoms with Crippen molar-refractivity contribution in [2.45, 2.75) is 38.6 Å². The summed E-state index contributed by atoms with van der Waals surface area (Å²) in [4.78, 5) is 34.5. The van der Waals surface area contributed by atoms with Crippen LogP contribution in [0, 0.1) is 5.92 Å². The Morgan fingerprint density at radius 3 is 2.84 bits per heavy atom. The van der Waals surface area contributed by atoms with Gasteiger partial charge in [-0.05, 0) is 12.8 Å². The van der Waals surface area contributed by atoms with Gasteiger partial charge in [0.1, 0.15) is 6.04 Å². The molecule has 1 fully saturated rings. The monoisotopic (exact) mass is 270 g/mol. The molecule has 0 aliphatic carbocycles. The zero-order valence-electron chi connectivity index (χ0n) is 10.7. The highest BCUT2D eigenvalue weighted by atomic mass is 16.4. The Hall–Kier alpha value is -2.12. The molecule has 8 nitrogen and oxygen atoms in total. The minimum absolute atomic E-state index is 0.179. The standard InChI is InChI=1S/C11H18N4O4/c1-2-3-6(9(12)15-19)10(17)13-7-4-5-8(16)14-11(7)18/h6-7,19H,2-5H2,1H3,(H2,12,15)(H,13,17)(H,14,16,18). The number of carbonyl (C=O) groups is 3. The van der Waals surface area contributed by atoms with Crippen molar-refractivity contribution in [2.24, 2.45) is 16.8 Å². The molecule has 5 N–H and O–H groups in total. The highest BCUT2D eigenvalue weighted by molar-refractivity contribution is 6.05. The normalized spacial score (nSPS) is 21.7. The van der Waals surface area contributed by atoms with Crippen LogP contribution in [0.3, 0.4) is 0 Å². The third-order valence-corrected chi connectivity index (χ3v) is 2.92. The van der Waals surface area contributed by atoms with Crippen LogP contribution in [-0.4, -0.2) is 34.8 Å². The summed E-state index contributed by atoms with van der Waals surface area (Å²) in [5.41, 5.74) is 5.45. The van der Waals surface area contributed by atoms with Crippen LogP contribution in [0.1, 0.15) is 32.6 Å². The number of hydrogen-bond acceptors (Lipinski definition) is 5. The van der Waals surface area contributed by atoms with E-state index in [9.17, 15) is 14.4 Å². The Labute approximate surface area is 110 Å². The summed E-state index contributed by atoms with van der Waals surface area (Å²) < 4.78 is 0. The molecule has 2 atom stereocenters. The lowest BCUT2D eigenvalue weighted by Crippen LogP contribution is -2.54. The Balaban J connectivity index is 2.66. The summed E-state index contributed by atoms with van der Waals surface area (Å²) in [7, 11) is 0. The smallest absolute Gasteiger partial charge is 0.249 e. The average Bonchev–Trinajstić information content (AvgIpc) is 2.38. The van der Waals surface area contributed by atoms with Gasteiger partial charge in [0.15, 0.2) is 5.84 Å². The number of amidine groups is 1. The summed E-state index contributed by atoms with van der Waals surface area (Å²) >= 11 is 0. The first-order valence-electron chi connectivity index (χ1n) is 6.11. The van der Waals surface area contributed by atoms with Gasteiger partial charge in [0.2, 0.25) is 17.7 Å². The molecule has 0 aromatic heterocycles. The van der Waals surface area contributed by atoms with Gasteiger partial charge in [0.05, 0.1) is 5.92 Å². The van der Waals surface area contributed by atoms with Gasteiger partial charge in [-0.1, -0.05) is 18.5 Å². The summed E-state index contributed by atoms with van der Waals surface area (Å²) in [6, 6.07) is -0.754. The van der Waals surface area contributed by atoms with Gasteiger partial charge in [-0.25, -0.2) is 0 Å². The van der Waals surface area contributed by atoms with Gasteiger partial charge >= 0.3 is 0 Å². The molecule has 8 heteroatoms. The third-order valence-electron chi connectivity index (χ3n) is 2.92. The fraction of sp³-hybridized carbons (Fsp3) is 0.636. The van der Waals surface area contributed by atoms with Gasteiger partial charge in [-0.15, -0.1) is 0 Å². The average molecular weight is 270 g/mol. The van der Waals surface area contributed by atoms with E-state index in [0.29, 0.717) is 12.8 Å². The number of amides is 3. The van der Waals surface area contributed by atoms with E-state index >= 15 is 0 Å². The lowest BCUT2D eigenvalue weighted by Gasteiger charge is -2.24. The largest absolute Gasteiger partial charge is 0.409 e. The summed E-state index contributed by atoms with van der Waals surface area (Å²) in [6.45, 7) is 1.86. The maximum atomic E-state index is 12.0. The van der Waals surface area contributed by atoms with E-state index in [-0.39, 0.29) is 24.6 Å². The quantitative estimate of drug-likeness (QED) is 0.168. The number of carbonyl (C=O) groups excluding carboxylic acids is 3. The molecule has 1 rings (SSSR count). The highest BCUT2D eigenvalue weighted by Gasteiger charge is 2.31. The molecule has 0 radical (unpaired) electrons. The van der Waals surface area contributed by atoms with Crippen LogP contribution in [-0.2, 0) is 14.4 Å². The van der Waals surface area contributed by atoms with Crippen LogP contribution in [0.5, 0.6) is 0 Å². The van der Waals surface area contributed by atoms with Gasteiger partial charge in [0.25, 0.3) is 0 Å². The minimum Gasteiger partial charge on any atom is -0.409 e. The van der Waals surface area contributed by atoms with E-state index in [2.05, 4.69) is 15.8 Å². The number of imide groups is 1. The first kappa shape index (κ1) is 14.9. The molecule has 0 spiro atoms. The Bertz CT molecular complexity index is 407. The van der Waals surface area contributed by atoms with Gasteiger partial charge in [-0.3, -0.25) is 19.7 Å². The maximum Gasteiger partial charge on any atom is 0.249 e. The molecule has 106 valence electrons. The Kier molecular flexibility index (Phi) is 5.28. The molecule has 0 bridgehead atoms. The van der Waals surface area contributed by atoms with Crippen LogP contribution in [0.2, 0.25) is 0 Å². The fourth-order valence-corrected chi connectivity index (χ4v) is 1.88. The lowest BCUT2D eigenvalue weighted by atomic mass is 9.99. The molecule has 2 unspecified atom stereocenters. The van der Waals surface area contributed by atoms with Crippen molar-refractivity contribution in [3.63, 3.8) is 0 Å². The van der Waals surface area contributed by atoms with Crippen molar-refractivity contribution >= 4 is 23.6 Å². The van der Waals surface area contributed by atoms with E-state index in [1.54, 1.807) is 0 Å². The molecule has 3 amide bonds. The van der Waals surface area contributed by atoms with Gasteiger partial charge in [0, 0.05) is 6.42 Å². The van der Waals surface area contributed by atoms with Crippen molar-refractivity contribution in [2.75, 3.05) is 0 Å². The molecular formula is C11H18N4O4. The molecule has 0 saturated carbocycles. The molecular weight excluding hydrogens is 252 g/mol. The molecule has 1 aliphatic rings. The third kappa shape index (κ3) is 3.94. The predicted octanol–water partition coefficient (Wildman–Crippen LogP) is -0.929. The second kappa shape index (κ2) is 6.72. The maximum absolute atomic E-state index is 12.0. The zero-order chi connectivity index (χ0) is 14.4. The number of rotatable bonds is 5. The van der Waals surface area contributed by atoms with E-state index in [1.165, 1.54) is 0 Å². The first-order chi connectivity index (χ1) is 8.99. The second-order valence-corrected chi connectivity index (χ2v) is 4.38. The van der Waals surface area contributed by atoms with Crippen molar-refractivity contribution in [3.8, 4) is 0 Å². The van der Waals surface area contributed by atoms with E-state index in [4.69, 9.17) is 10.9 Å².